The Labute approximate surface area is 200 Å². The van der Waals surface area contributed by atoms with E-state index in [9.17, 15) is 4.79 Å². The van der Waals surface area contributed by atoms with Gasteiger partial charge in [0.2, 0.25) is 0 Å². The summed E-state index contributed by atoms with van der Waals surface area (Å²) < 4.78 is 17.6. The van der Waals surface area contributed by atoms with Crippen LogP contribution in [0, 0.1) is 0 Å². The summed E-state index contributed by atoms with van der Waals surface area (Å²) in [5.74, 6) is 1.48. The number of benzene rings is 4. The topological polar surface area (TPSA) is 44.8 Å². The molecule has 0 heterocycles. The first-order valence-corrected chi connectivity index (χ1v) is 11.4. The zero-order chi connectivity index (χ0) is 23.8. The number of esters is 1. The van der Waals surface area contributed by atoms with Crippen LogP contribution < -0.4 is 9.47 Å². The van der Waals surface area contributed by atoms with Gasteiger partial charge in [-0.25, -0.2) is 0 Å². The number of hydrogen-bond acceptors (Lipinski definition) is 4. The van der Waals surface area contributed by atoms with Crippen LogP contribution in [0.1, 0.15) is 42.6 Å². The van der Waals surface area contributed by atoms with Crippen molar-refractivity contribution in [3.05, 3.63) is 126 Å². The maximum absolute atomic E-state index is 12.5. The van der Waals surface area contributed by atoms with E-state index >= 15 is 0 Å². The van der Waals surface area contributed by atoms with E-state index in [0.29, 0.717) is 11.5 Å². The van der Waals surface area contributed by atoms with Crippen molar-refractivity contribution < 1.29 is 19.0 Å². The fourth-order valence-corrected chi connectivity index (χ4v) is 3.56. The summed E-state index contributed by atoms with van der Waals surface area (Å²) in [5.41, 5.74) is 2.95. The zero-order valence-corrected chi connectivity index (χ0v) is 19.4. The molecule has 4 aromatic carbocycles. The lowest BCUT2D eigenvalue weighted by atomic mass is 10.0. The van der Waals surface area contributed by atoms with E-state index in [2.05, 4.69) is 0 Å². The van der Waals surface area contributed by atoms with Crippen LogP contribution in [0.4, 0.5) is 0 Å². The molecular weight excluding hydrogens is 424 g/mol. The van der Waals surface area contributed by atoms with Gasteiger partial charge in [-0.2, -0.15) is 0 Å². The SMILES string of the molecule is CC(C(=O)OCc1ccccc1)c1ccc(Oc2cccc(O[C@H](C)c3ccccc3)c2)cc1. The van der Waals surface area contributed by atoms with E-state index in [1.54, 1.807) is 0 Å². The van der Waals surface area contributed by atoms with Gasteiger partial charge >= 0.3 is 5.97 Å². The van der Waals surface area contributed by atoms with E-state index in [-0.39, 0.29) is 24.6 Å². The van der Waals surface area contributed by atoms with E-state index in [1.807, 2.05) is 123 Å². The molecule has 0 aliphatic heterocycles. The highest BCUT2D eigenvalue weighted by molar-refractivity contribution is 5.77. The average Bonchev–Trinajstić information content (AvgIpc) is 2.88. The maximum Gasteiger partial charge on any atom is 0.313 e. The van der Waals surface area contributed by atoms with Gasteiger partial charge in [0.05, 0.1) is 5.92 Å². The molecule has 4 rings (SSSR count). The summed E-state index contributed by atoms with van der Waals surface area (Å²) >= 11 is 0. The molecule has 0 fully saturated rings. The predicted octanol–water partition coefficient (Wildman–Crippen LogP) is 7.47. The van der Waals surface area contributed by atoms with Gasteiger partial charge in [-0.15, -0.1) is 0 Å². The standard InChI is InChI=1S/C30H28O4/c1-22(30(31)32-21-24-10-5-3-6-11-24)25-16-18-27(19-17-25)34-29-15-9-14-28(20-29)33-23(2)26-12-7-4-8-13-26/h3-20,22-23H,21H2,1-2H3/t22?,23-/m1/s1. The molecule has 2 atom stereocenters. The lowest BCUT2D eigenvalue weighted by Gasteiger charge is -2.16. The van der Waals surface area contributed by atoms with Crippen molar-refractivity contribution in [1.29, 1.82) is 0 Å². The molecule has 1 unspecified atom stereocenters. The number of ether oxygens (including phenoxy) is 3. The Balaban J connectivity index is 1.34. The summed E-state index contributed by atoms with van der Waals surface area (Å²) in [4.78, 5) is 12.5. The summed E-state index contributed by atoms with van der Waals surface area (Å²) in [7, 11) is 0. The minimum atomic E-state index is -0.367. The molecule has 0 saturated carbocycles. The normalized spacial score (nSPS) is 12.4. The smallest absolute Gasteiger partial charge is 0.313 e. The molecule has 0 radical (unpaired) electrons. The van der Waals surface area contributed by atoms with Crippen LogP contribution in [-0.4, -0.2) is 5.97 Å². The van der Waals surface area contributed by atoms with E-state index in [0.717, 1.165) is 22.4 Å². The van der Waals surface area contributed by atoms with Crippen LogP contribution in [0.5, 0.6) is 17.2 Å². The number of hydrogen-bond donors (Lipinski definition) is 0. The van der Waals surface area contributed by atoms with Gasteiger partial charge in [-0.3, -0.25) is 4.79 Å². The van der Waals surface area contributed by atoms with Crippen LogP contribution in [0.15, 0.2) is 109 Å². The summed E-state index contributed by atoms with van der Waals surface area (Å²) in [6.07, 6.45) is -0.0705. The minimum Gasteiger partial charge on any atom is -0.486 e. The zero-order valence-electron chi connectivity index (χ0n) is 19.4. The molecular formula is C30H28O4. The molecule has 0 aliphatic rings. The van der Waals surface area contributed by atoms with Crippen molar-refractivity contribution in [2.45, 2.75) is 32.5 Å². The van der Waals surface area contributed by atoms with Crippen molar-refractivity contribution >= 4 is 5.97 Å². The van der Waals surface area contributed by atoms with Gasteiger partial charge in [-0.05, 0) is 54.8 Å². The minimum absolute atomic E-state index is 0.0705. The summed E-state index contributed by atoms with van der Waals surface area (Å²) in [5, 5.41) is 0. The Morgan fingerprint density at radius 3 is 2.03 bits per heavy atom. The van der Waals surface area contributed by atoms with Crippen LogP contribution in [0.25, 0.3) is 0 Å². The third kappa shape index (κ3) is 6.26. The second kappa shape index (κ2) is 11.2. The Morgan fingerprint density at radius 1 is 0.676 bits per heavy atom. The van der Waals surface area contributed by atoms with Crippen molar-refractivity contribution in [1.82, 2.24) is 0 Å². The molecule has 34 heavy (non-hydrogen) atoms. The molecule has 4 heteroatoms. The van der Waals surface area contributed by atoms with E-state index in [4.69, 9.17) is 14.2 Å². The highest BCUT2D eigenvalue weighted by Gasteiger charge is 2.17. The fraction of sp³-hybridized carbons (Fsp3) is 0.167. The predicted molar refractivity (Wildman–Crippen MR) is 133 cm³/mol. The first kappa shape index (κ1) is 23.1. The van der Waals surface area contributed by atoms with Gasteiger partial charge in [0, 0.05) is 6.07 Å². The number of carbonyl (C=O) groups excluding carboxylic acids is 1. The Bertz CT molecular complexity index is 1190. The second-order valence-corrected chi connectivity index (χ2v) is 8.13. The van der Waals surface area contributed by atoms with Crippen molar-refractivity contribution in [2.24, 2.45) is 0 Å². The van der Waals surface area contributed by atoms with Crippen LogP contribution in [0.3, 0.4) is 0 Å². The molecule has 4 nitrogen and oxygen atoms in total. The molecule has 0 saturated heterocycles. The molecule has 0 spiro atoms. The molecule has 0 amide bonds. The Hall–Kier alpha value is -4.05. The lowest BCUT2D eigenvalue weighted by molar-refractivity contribution is -0.146. The Morgan fingerprint density at radius 2 is 1.32 bits per heavy atom. The van der Waals surface area contributed by atoms with Crippen molar-refractivity contribution in [2.75, 3.05) is 0 Å². The second-order valence-electron chi connectivity index (χ2n) is 8.13. The van der Waals surface area contributed by atoms with Gasteiger partial charge in [0.25, 0.3) is 0 Å². The van der Waals surface area contributed by atoms with Crippen LogP contribution in [0.2, 0.25) is 0 Å². The molecule has 172 valence electrons. The quantitative estimate of drug-likeness (QED) is 0.247. The van der Waals surface area contributed by atoms with Crippen molar-refractivity contribution in [3.63, 3.8) is 0 Å². The third-order valence-corrected chi connectivity index (χ3v) is 5.58. The summed E-state index contributed by atoms with van der Waals surface area (Å²) in [6.45, 7) is 4.14. The summed E-state index contributed by atoms with van der Waals surface area (Å²) in [6, 6.07) is 34.8. The fourth-order valence-electron chi connectivity index (χ4n) is 3.56. The molecule has 0 bridgehead atoms. The van der Waals surface area contributed by atoms with E-state index in [1.165, 1.54) is 0 Å². The van der Waals surface area contributed by atoms with Crippen LogP contribution in [-0.2, 0) is 16.1 Å². The third-order valence-electron chi connectivity index (χ3n) is 5.58. The highest BCUT2D eigenvalue weighted by Crippen LogP contribution is 2.29. The lowest BCUT2D eigenvalue weighted by Crippen LogP contribution is -2.13. The first-order valence-electron chi connectivity index (χ1n) is 11.4. The Kier molecular flexibility index (Phi) is 7.61. The van der Waals surface area contributed by atoms with Crippen molar-refractivity contribution in [3.8, 4) is 17.2 Å². The molecule has 0 N–H and O–H groups in total. The molecule has 4 aromatic rings. The van der Waals surface area contributed by atoms with Gasteiger partial charge in [-0.1, -0.05) is 78.9 Å². The van der Waals surface area contributed by atoms with E-state index < -0.39 is 0 Å². The van der Waals surface area contributed by atoms with Gasteiger partial charge in [0.1, 0.15) is 30.0 Å². The number of rotatable bonds is 9. The monoisotopic (exact) mass is 452 g/mol. The average molecular weight is 453 g/mol. The highest BCUT2D eigenvalue weighted by atomic mass is 16.5. The van der Waals surface area contributed by atoms with Gasteiger partial charge < -0.3 is 14.2 Å². The first-order chi connectivity index (χ1) is 16.6. The number of carbonyl (C=O) groups is 1. The largest absolute Gasteiger partial charge is 0.486 e. The van der Waals surface area contributed by atoms with Gasteiger partial charge in [0.15, 0.2) is 0 Å². The molecule has 0 aliphatic carbocycles. The maximum atomic E-state index is 12.5. The molecule has 0 aromatic heterocycles. The van der Waals surface area contributed by atoms with Crippen LogP contribution >= 0.6 is 0 Å².